The van der Waals surface area contributed by atoms with Gasteiger partial charge in [-0.15, -0.1) is 0 Å². The number of hydrogen-bond acceptors (Lipinski definition) is 4. The van der Waals surface area contributed by atoms with Crippen LogP contribution in [0.1, 0.15) is 38.7 Å². The first kappa shape index (κ1) is 23.6. The predicted molar refractivity (Wildman–Crippen MR) is 136 cm³/mol. The fourth-order valence-corrected chi connectivity index (χ4v) is 6.06. The Hall–Kier alpha value is -2.57. The summed E-state index contributed by atoms with van der Waals surface area (Å²) in [4.78, 5) is 2.83. The van der Waals surface area contributed by atoms with E-state index in [-0.39, 0.29) is 0 Å². The molecule has 3 aromatic rings. The molecule has 0 bridgehead atoms. The second kappa shape index (κ2) is 10.6. The maximum absolute atomic E-state index is 13.6. The van der Waals surface area contributed by atoms with Crippen LogP contribution in [0.3, 0.4) is 0 Å². The van der Waals surface area contributed by atoms with E-state index in [2.05, 4.69) is 24.8 Å². The molecule has 6 heteroatoms. The van der Waals surface area contributed by atoms with Gasteiger partial charge in [0.25, 0.3) is 10.0 Å². The molecule has 0 spiro atoms. The number of rotatable bonds is 10. The summed E-state index contributed by atoms with van der Waals surface area (Å²) in [5.41, 5.74) is 1.79. The normalized spacial score (nSPS) is 13.8. The number of fused-ring (bicyclic) bond motifs is 2. The van der Waals surface area contributed by atoms with Gasteiger partial charge in [-0.3, -0.25) is 4.31 Å². The van der Waals surface area contributed by atoms with Crippen LogP contribution in [0.15, 0.2) is 65.6 Å². The lowest BCUT2D eigenvalue weighted by Gasteiger charge is -2.31. The lowest BCUT2D eigenvalue weighted by atomic mass is 10.1. The Labute approximate surface area is 198 Å². The highest BCUT2D eigenvalue weighted by atomic mass is 32.2. The molecule has 0 aliphatic carbocycles. The number of benzene rings is 3. The maximum atomic E-state index is 13.6. The van der Waals surface area contributed by atoms with Gasteiger partial charge < -0.3 is 9.64 Å². The third-order valence-electron chi connectivity index (χ3n) is 6.17. The van der Waals surface area contributed by atoms with E-state index in [0.29, 0.717) is 29.5 Å². The van der Waals surface area contributed by atoms with Crippen LogP contribution in [0.5, 0.6) is 5.75 Å². The highest BCUT2D eigenvalue weighted by Gasteiger charge is 2.30. The molecule has 0 atom stereocenters. The summed E-state index contributed by atoms with van der Waals surface area (Å²) in [6.07, 6.45) is 4.30. The third kappa shape index (κ3) is 5.33. The molecule has 1 aliphatic heterocycles. The molecule has 0 radical (unpaired) electrons. The highest BCUT2D eigenvalue weighted by molar-refractivity contribution is 7.92. The minimum atomic E-state index is -3.69. The van der Waals surface area contributed by atoms with Crippen molar-refractivity contribution in [1.29, 1.82) is 0 Å². The van der Waals surface area contributed by atoms with Crippen LogP contribution in [-0.2, 0) is 16.4 Å². The van der Waals surface area contributed by atoms with E-state index < -0.39 is 10.0 Å². The van der Waals surface area contributed by atoms with Crippen molar-refractivity contribution < 1.29 is 13.2 Å². The van der Waals surface area contributed by atoms with Gasteiger partial charge in [-0.05, 0) is 85.9 Å². The Morgan fingerprint density at radius 1 is 0.909 bits per heavy atom. The molecule has 0 N–H and O–H groups in total. The Kier molecular flexibility index (Phi) is 7.56. The van der Waals surface area contributed by atoms with Gasteiger partial charge in [0, 0.05) is 0 Å². The Bertz CT molecular complexity index is 1190. The zero-order valence-corrected chi connectivity index (χ0v) is 20.5. The number of ether oxygens (including phenoxy) is 1. The Morgan fingerprint density at radius 3 is 2.42 bits per heavy atom. The molecule has 0 fully saturated rings. The van der Waals surface area contributed by atoms with Crippen LogP contribution >= 0.6 is 0 Å². The van der Waals surface area contributed by atoms with Crippen LogP contribution in [0.4, 0.5) is 5.69 Å². The number of sulfonamides is 1. The van der Waals surface area contributed by atoms with Crippen molar-refractivity contribution in [3.8, 4) is 5.75 Å². The molecular weight excluding hydrogens is 432 g/mol. The molecule has 0 unspecified atom stereocenters. The SMILES string of the molecule is CCCN(CCC)CCCc1ccc2c(c1)N(S(=O)(=O)c1ccc3ccccc3c1)CCO2. The van der Waals surface area contributed by atoms with Crippen molar-refractivity contribution in [3.63, 3.8) is 0 Å². The molecule has 3 aromatic carbocycles. The lowest BCUT2D eigenvalue weighted by Crippen LogP contribution is -2.38. The second-order valence-electron chi connectivity index (χ2n) is 8.68. The van der Waals surface area contributed by atoms with E-state index in [1.807, 2.05) is 42.5 Å². The molecule has 33 heavy (non-hydrogen) atoms. The van der Waals surface area contributed by atoms with Crippen LogP contribution < -0.4 is 9.04 Å². The van der Waals surface area contributed by atoms with E-state index in [9.17, 15) is 8.42 Å². The minimum Gasteiger partial charge on any atom is -0.489 e. The molecule has 5 nitrogen and oxygen atoms in total. The fourth-order valence-electron chi connectivity index (χ4n) is 4.57. The Balaban J connectivity index is 1.55. The number of hydrogen-bond donors (Lipinski definition) is 0. The summed E-state index contributed by atoms with van der Waals surface area (Å²) in [6.45, 7) is 8.42. The van der Waals surface area contributed by atoms with E-state index >= 15 is 0 Å². The maximum Gasteiger partial charge on any atom is 0.264 e. The van der Waals surface area contributed by atoms with Crippen molar-refractivity contribution in [2.75, 3.05) is 37.1 Å². The van der Waals surface area contributed by atoms with Crippen LogP contribution in [0.25, 0.3) is 10.8 Å². The third-order valence-corrected chi connectivity index (χ3v) is 7.98. The van der Waals surface area contributed by atoms with Crippen molar-refractivity contribution in [2.45, 2.75) is 44.4 Å². The van der Waals surface area contributed by atoms with Crippen LogP contribution in [0, 0.1) is 0 Å². The summed E-state index contributed by atoms with van der Waals surface area (Å²) in [6, 6.07) is 19.1. The van der Waals surface area contributed by atoms with Crippen molar-refractivity contribution in [3.05, 3.63) is 66.2 Å². The molecule has 0 amide bonds. The van der Waals surface area contributed by atoms with Gasteiger partial charge in [0.2, 0.25) is 0 Å². The standard InChI is InChI=1S/C27H34N2O3S/c1-3-15-28(16-4-2)17-7-8-22-11-14-27-26(20-22)29(18-19-32-27)33(30,31)25-13-12-23-9-5-6-10-24(23)21-25/h5-6,9-14,20-21H,3-4,7-8,15-19H2,1-2H3. The van der Waals surface area contributed by atoms with E-state index in [0.717, 1.165) is 61.7 Å². The predicted octanol–water partition coefficient (Wildman–Crippen LogP) is 5.48. The molecule has 0 aromatic heterocycles. The van der Waals surface area contributed by atoms with Crippen molar-refractivity contribution in [2.24, 2.45) is 0 Å². The average molecular weight is 467 g/mol. The summed E-state index contributed by atoms with van der Waals surface area (Å²) >= 11 is 0. The Morgan fingerprint density at radius 2 is 1.67 bits per heavy atom. The monoisotopic (exact) mass is 466 g/mol. The van der Waals surface area contributed by atoms with Gasteiger partial charge in [0.1, 0.15) is 12.4 Å². The summed E-state index contributed by atoms with van der Waals surface area (Å²) in [5.74, 6) is 0.632. The van der Waals surface area contributed by atoms with Crippen LogP contribution in [-0.4, -0.2) is 46.1 Å². The van der Waals surface area contributed by atoms with Gasteiger partial charge in [0.15, 0.2) is 0 Å². The van der Waals surface area contributed by atoms with Gasteiger partial charge >= 0.3 is 0 Å². The molecule has 1 heterocycles. The molecular formula is C27H34N2O3S. The second-order valence-corrected chi connectivity index (χ2v) is 10.5. The zero-order chi connectivity index (χ0) is 23.3. The minimum absolute atomic E-state index is 0.312. The van der Waals surface area contributed by atoms with E-state index in [1.165, 1.54) is 4.31 Å². The molecule has 1 aliphatic rings. The van der Waals surface area contributed by atoms with Gasteiger partial charge in [-0.2, -0.15) is 0 Å². The smallest absolute Gasteiger partial charge is 0.264 e. The van der Waals surface area contributed by atoms with Crippen LogP contribution in [0.2, 0.25) is 0 Å². The first-order chi connectivity index (χ1) is 16.0. The molecule has 0 saturated carbocycles. The topological polar surface area (TPSA) is 49.9 Å². The van der Waals surface area contributed by atoms with Gasteiger partial charge in [-0.1, -0.05) is 50.2 Å². The molecule has 176 valence electrons. The van der Waals surface area contributed by atoms with Crippen molar-refractivity contribution >= 4 is 26.5 Å². The number of aryl methyl sites for hydroxylation is 1. The van der Waals surface area contributed by atoms with E-state index in [4.69, 9.17) is 4.74 Å². The van der Waals surface area contributed by atoms with E-state index in [1.54, 1.807) is 12.1 Å². The quantitative estimate of drug-likeness (QED) is 0.397. The summed E-state index contributed by atoms with van der Waals surface area (Å²) in [5, 5.41) is 1.95. The largest absolute Gasteiger partial charge is 0.489 e. The lowest BCUT2D eigenvalue weighted by molar-refractivity contribution is 0.271. The molecule has 4 rings (SSSR count). The van der Waals surface area contributed by atoms with Gasteiger partial charge in [-0.25, -0.2) is 8.42 Å². The average Bonchev–Trinajstić information content (AvgIpc) is 2.83. The first-order valence-corrected chi connectivity index (χ1v) is 13.5. The highest BCUT2D eigenvalue weighted by Crippen LogP contribution is 2.36. The zero-order valence-electron chi connectivity index (χ0n) is 19.7. The molecule has 0 saturated heterocycles. The van der Waals surface area contributed by atoms with Gasteiger partial charge in [0.05, 0.1) is 17.1 Å². The first-order valence-electron chi connectivity index (χ1n) is 12.0. The summed E-state index contributed by atoms with van der Waals surface area (Å²) in [7, 11) is -3.69. The number of nitrogens with zero attached hydrogens (tertiary/aromatic N) is 2. The number of anilines is 1. The fraction of sp³-hybridized carbons (Fsp3) is 0.407. The summed E-state index contributed by atoms with van der Waals surface area (Å²) < 4.78 is 34.5. The van der Waals surface area contributed by atoms with Crippen molar-refractivity contribution in [1.82, 2.24) is 4.90 Å².